The van der Waals surface area contributed by atoms with Gasteiger partial charge in [-0.15, -0.1) is 0 Å². The average molecular weight is 394 g/mol. The van der Waals surface area contributed by atoms with Crippen LogP contribution in [0.5, 0.6) is 23.0 Å². The smallest absolute Gasteiger partial charge is 0.248 e. The van der Waals surface area contributed by atoms with Crippen molar-refractivity contribution in [3.05, 3.63) is 54.2 Å². The highest BCUT2D eigenvalue weighted by Gasteiger charge is 2.12. The van der Waals surface area contributed by atoms with Crippen LogP contribution < -0.4 is 19.9 Å². The van der Waals surface area contributed by atoms with Crippen molar-refractivity contribution >= 4 is 16.8 Å². The van der Waals surface area contributed by atoms with Gasteiger partial charge in [0.05, 0.1) is 18.7 Å². The van der Waals surface area contributed by atoms with Gasteiger partial charge < -0.3 is 19.9 Å². The van der Waals surface area contributed by atoms with E-state index in [1.54, 1.807) is 43.6 Å². The van der Waals surface area contributed by atoms with Gasteiger partial charge in [0.25, 0.3) is 0 Å². The summed E-state index contributed by atoms with van der Waals surface area (Å²) in [7, 11) is 1.60. The van der Waals surface area contributed by atoms with Crippen molar-refractivity contribution in [2.75, 3.05) is 7.11 Å². The summed E-state index contributed by atoms with van der Waals surface area (Å²) in [4.78, 5) is 15.9. The van der Waals surface area contributed by atoms with E-state index in [-0.39, 0.29) is 6.10 Å². The van der Waals surface area contributed by atoms with E-state index in [0.29, 0.717) is 39.5 Å². The topological polar surface area (TPSA) is 83.7 Å². The number of nitrogens with zero attached hydrogens (tertiary/aromatic N) is 1. The first-order chi connectivity index (χ1) is 14.0. The first-order valence-corrected chi connectivity index (χ1v) is 9.76. The van der Waals surface area contributed by atoms with Crippen LogP contribution in [0.1, 0.15) is 43.5 Å². The van der Waals surface area contributed by atoms with E-state index in [1.807, 2.05) is 12.1 Å². The fourth-order valence-corrected chi connectivity index (χ4v) is 3.14. The number of fused-ring (bicyclic) bond motifs is 1. The van der Waals surface area contributed by atoms with Gasteiger partial charge >= 0.3 is 0 Å². The summed E-state index contributed by atoms with van der Waals surface area (Å²) in [6.07, 6.45) is 4.76. The van der Waals surface area contributed by atoms with Gasteiger partial charge in [-0.05, 0) is 37.1 Å². The quantitative estimate of drug-likeness (QED) is 0.546. The second-order valence-electron chi connectivity index (χ2n) is 6.79. The Morgan fingerprint density at radius 2 is 1.83 bits per heavy atom. The van der Waals surface area contributed by atoms with Gasteiger partial charge in [-0.1, -0.05) is 20.3 Å². The summed E-state index contributed by atoms with van der Waals surface area (Å²) in [6, 6.07) is 12.3. The van der Waals surface area contributed by atoms with Crippen LogP contribution >= 0.6 is 0 Å². The van der Waals surface area contributed by atoms with Gasteiger partial charge in [-0.3, -0.25) is 9.78 Å². The summed E-state index contributed by atoms with van der Waals surface area (Å²) in [5.74, 6) is 1.97. The number of aromatic nitrogens is 1. The van der Waals surface area contributed by atoms with Crippen LogP contribution in [-0.4, -0.2) is 24.1 Å². The molecule has 0 spiro atoms. The van der Waals surface area contributed by atoms with Crippen LogP contribution in [-0.2, 0) is 0 Å². The number of pyridine rings is 1. The highest BCUT2D eigenvalue weighted by Crippen LogP contribution is 2.34. The van der Waals surface area contributed by atoms with Crippen molar-refractivity contribution in [2.24, 2.45) is 5.73 Å². The van der Waals surface area contributed by atoms with Gasteiger partial charge in [0, 0.05) is 35.3 Å². The molecule has 0 radical (unpaired) electrons. The molecule has 1 amide bonds. The van der Waals surface area contributed by atoms with E-state index in [2.05, 4.69) is 18.8 Å². The number of amides is 1. The molecule has 1 heterocycles. The van der Waals surface area contributed by atoms with E-state index in [4.69, 9.17) is 19.9 Å². The molecule has 0 saturated carbocycles. The minimum Gasteiger partial charge on any atom is -0.496 e. The first kappa shape index (κ1) is 20.5. The number of ether oxygens (including phenoxy) is 3. The SMILES string of the molecule is CCC[C@H](CC)Oc1cc(OC)cc(Oc2ccnc3ccc(C(N)=O)cc23)c1. The predicted molar refractivity (Wildman–Crippen MR) is 113 cm³/mol. The standard InChI is InChI=1S/C23H26N2O4/c1-4-6-16(5-2)28-18-12-17(27-3)13-19(14-18)29-22-9-10-25-21-8-7-15(23(24)26)11-20(21)22/h7-14,16H,4-6H2,1-3H3,(H2,24,26)/t16-/m0/s1. The van der Waals surface area contributed by atoms with Crippen molar-refractivity contribution in [1.82, 2.24) is 4.98 Å². The van der Waals surface area contributed by atoms with E-state index in [1.165, 1.54) is 0 Å². The predicted octanol–water partition coefficient (Wildman–Crippen LogP) is 5.09. The number of methoxy groups -OCH3 is 1. The van der Waals surface area contributed by atoms with Crippen LogP contribution in [0.2, 0.25) is 0 Å². The van der Waals surface area contributed by atoms with E-state index in [9.17, 15) is 4.79 Å². The van der Waals surface area contributed by atoms with Crippen LogP contribution in [0, 0.1) is 0 Å². The molecule has 0 bridgehead atoms. The maximum absolute atomic E-state index is 11.6. The van der Waals surface area contributed by atoms with Crippen LogP contribution in [0.25, 0.3) is 10.9 Å². The van der Waals surface area contributed by atoms with Gasteiger partial charge in [-0.25, -0.2) is 0 Å². The van der Waals surface area contributed by atoms with Crippen molar-refractivity contribution in [3.63, 3.8) is 0 Å². The summed E-state index contributed by atoms with van der Waals surface area (Å²) in [5.41, 5.74) is 6.52. The van der Waals surface area contributed by atoms with Gasteiger partial charge in [0.1, 0.15) is 23.0 Å². The molecular weight excluding hydrogens is 368 g/mol. The number of rotatable bonds is 9. The number of nitrogens with two attached hydrogens (primary N) is 1. The molecule has 152 valence electrons. The Balaban J connectivity index is 1.96. The molecular formula is C23H26N2O4. The lowest BCUT2D eigenvalue weighted by Crippen LogP contribution is -2.14. The molecule has 6 nitrogen and oxygen atoms in total. The van der Waals surface area contributed by atoms with Gasteiger partial charge in [0.2, 0.25) is 5.91 Å². The van der Waals surface area contributed by atoms with Crippen molar-refractivity contribution in [1.29, 1.82) is 0 Å². The Hall–Kier alpha value is -3.28. The van der Waals surface area contributed by atoms with E-state index >= 15 is 0 Å². The molecule has 0 aliphatic heterocycles. The average Bonchev–Trinajstić information content (AvgIpc) is 2.73. The third-order valence-electron chi connectivity index (χ3n) is 4.67. The zero-order valence-corrected chi connectivity index (χ0v) is 17.0. The lowest BCUT2D eigenvalue weighted by molar-refractivity contribution is 0.100. The Morgan fingerprint density at radius 1 is 1.07 bits per heavy atom. The van der Waals surface area contributed by atoms with Crippen molar-refractivity contribution < 1.29 is 19.0 Å². The minimum atomic E-state index is -0.500. The fraction of sp³-hybridized carbons (Fsp3) is 0.304. The Kier molecular flexibility index (Phi) is 6.54. The summed E-state index contributed by atoms with van der Waals surface area (Å²) in [5, 5.41) is 0.700. The molecule has 6 heteroatoms. The zero-order chi connectivity index (χ0) is 20.8. The normalized spacial score (nSPS) is 11.8. The maximum atomic E-state index is 11.6. The number of hydrogen-bond donors (Lipinski definition) is 1. The fourth-order valence-electron chi connectivity index (χ4n) is 3.14. The van der Waals surface area contributed by atoms with E-state index in [0.717, 1.165) is 19.3 Å². The Bertz CT molecular complexity index is 1000. The van der Waals surface area contributed by atoms with Crippen LogP contribution in [0.4, 0.5) is 0 Å². The van der Waals surface area contributed by atoms with Crippen LogP contribution in [0.15, 0.2) is 48.7 Å². The zero-order valence-electron chi connectivity index (χ0n) is 17.0. The number of hydrogen-bond acceptors (Lipinski definition) is 5. The molecule has 2 N–H and O–H groups in total. The lowest BCUT2D eigenvalue weighted by atomic mass is 10.1. The van der Waals surface area contributed by atoms with Gasteiger partial charge in [0.15, 0.2) is 0 Å². The molecule has 1 atom stereocenters. The maximum Gasteiger partial charge on any atom is 0.248 e. The summed E-state index contributed by atoms with van der Waals surface area (Å²) < 4.78 is 17.7. The number of carbonyl (C=O) groups is 1. The second-order valence-corrected chi connectivity index (χ2v) is 6.79. The third-order valence-corrected chi connectivity index (χ3v) is 4.67. The van der Waals surface area contributed by atoms with Gasteiger partial charge in [-0.2, -0.15) is 0 Å². The largest absolute Gasteiger partial charge is 0.496 e. The van der Waals surface area contributed by atoms with Crippen molar-refractivity contribution in [2.45, 2.75) is 39.2 Å². The molecule has 0 saturated heterocycles. The third kappa shape index (κ3) is 4.96. The Morgan fingerprint density at radius 3 is 2.52 bits per heavy atom. The molecule has 3 rings (SSSR count). The molecule has 3 aromatic rings. The summed E-state index contributed by atoms with van der Waals surface area (Å²) in [6.45, 7) is 4.25. The number of carbonyl (C=O) groups excluding carboxylic acids is 1. The van der Waals surface area contributed by atoms with Crippen molar-refractivity contribution in [3.8, 4) is 23.0 Å². The highest BCUT2D eigenvalue weighted by molar-refractivity contribution is 5.98. The minimum absolute atomic E-state index is 0.139. The molecule has 1 aromatic heterocycles. The second kappa shape index (κ2) is 9.28. The molecule has 29 heavy (non-hydrogen) atoms. The van der Waals surface area contributed by atoms with Crippen LogP contribution in [0.3, 0.4) is 0 Å². The molecule has 0 fully saturated rings. The Labute approximate surface area is 170 Å². The highest BCUT2D eigenvalue weighted by atomic mass is 16.5. The number of primary amides is 1. The first-order valence-electron chi connectivity index (χ1n) is 9.76. The molecule has 0 aliphatic carbocycles. The monoisotopic (exact) mass is 394 g/mol. The molecule has 2 aromatic carbocycles. The van der Waals surface area contributed by atoms with E-state index < -0.39 is 5.91 Å². The lowest BCUT2D eigenvalue weighted by Gasteiger charge is -2.18. The molecule has 0 unspecified atom stereocenters. The molecule has 0 aliphatic rings. The number of benzene rings is 2. The summed E-state index contributed by atoms with van der Waals surface area (Å²) >= 11 is 0.